The third kappa shape index (κ3) is 2.85. The van der Waals surface area contributed by atoms with Crippen LogP contribution in [0.25, 0.3) is 0 Å². The second kappa shape index (κ2) is 6.14. The minimum absolute atomic E-state index is 0.0549. The van der Waals surface area contributed by atoms with Crippen LogP contribution in [0, 0.1) is 6.92 Å². The first-order valence-corrected chi connectivity index (χ1v) is 9.07. The lowest BCUT2D eigenvalue weighted by molar-refractivity contribution is -0.141. The highest BCUT2D eigenvalue weighted by molar-refractivity contribution is 8.14. The maximum absolute atomic E-state index is 11.2. The fourth-order valence-corrected chi connectivity index (χ4v) is 5.49. The highest BCUT2D eigenvalue weighted by Crippen LogP contribution is 2.37. The molecule has 0 aliphatic carbocycles. The minimum atomic E-state index is -0.774. The standard InChI is InChI=1S/C15H18N2O3S2/c1-8-3-4-12(18)9(5-8)13-16-10(6-21-13)14-17(2)11(7-22-14)15(19)20/h3-5,10-11,14,18H,6-7H2,1-2H3,(H,19,20)/t10-,11+,14-/m0/s1. The Kier molecular flexibility index (Phi) is 4.38. The summed E-state index contributed by atoms with van der Waals surface area (Å²) in [6.07, 6.45) is 0. The van der Waals surface area contributed by atoms with Crippen molar-refractivity contribution < 1.29 is 15.0 Å². The van der Waals surface area contributed by atoms with Crippen molar-refractivity contribution in [1.82, 2.24) is 4.90 Å². The van der Waals surface area contributed by atoms with Crippen LogP contribution in [0.5, 0.6) is 5.75 Å². The summed E-state index contributed by atoms with van der Waals surface area (Å²) in [7, 11) is 1.85. The molecule has 118 valence electrons. The van der Waals surface area contributed by atoms with Crippen LogP contribution >= 0.6 is 23.5 Å². The SMILES string of the molecule is Cc1ccc(O)c(C2=N[C@H]([C@@H]3SC[C@H](C(=O)O)N3C)CS2)c1. The van der Waals surface area contributed by atoms with Gasteiger partial charge in [-0.1, -0.05) is 11.6 Å². The molecule has 5 nitrogen and oxygen atoms in total. The number of benzene rings is 1. The monoisotopic (exact) mass is 338 g/mol. The van der Waals surface area contributed by atoms with Gasteiger partial charge in [-0.25, -0.2) is 0 Å². The van der Waals surface area contributed by atoms with Crippen molar-refractivity contribution >= 4 is 34.5 Å². The van der Waals surface area contributed by atoms with Crippen LogP contribution < -0.4 is 0 Å². The molecular weight excluding hydrogens is 320 g/mol. The van der Waals surface area contributed by atoms with Gasteiger partial charge in [-0.05, 0) is 26.1 Å². The van der Waals surface area contributed by atoms with Crippen LogP contribution in [-0.2, 0) is 4.79 Å². The van der Waals surface area contributed by atoms with Gasteiger partial charge in [0.1, 0.15) is 16.8 Å². The van der Waals surface area contributed by atoms with Crippen molar-refractivity contribution in [1.29, 1.82) is 0 Å². The second-order valence-electron chi connectivity index (χ2n) is 5.58. The third-order valence-corrected chi connectivity index (χ3v) is 6.59. The van der Waals surface area contributed by atoms with E-state index >= 15 is 0 Å². The van der Waals surface area contributed by atoms with E-state index in [0.717, 1.165) is 21.9 Å². The Labute approximate surface area is 137 Å². The number of aryl methyl sites for hydroxylation is 1. The first-order chi connectivity index (χ1) is 10.5. The molecule has 2 aliphatic heterocycles. The summed E-state index contributed by atoms with van der Waals surface area (Å²) in [6.45, 7) is 1.98. The number of thioether (sulfide) groups is 2. The van der Waals surface area contributed by atoms with E-state index in [-0.39, 0.29) is 17.2 Å². The first-order valence-electron chi connectivity index (χ1n) is 7.04. The summed E-state index contributed by atoms with van der Waals surface area (Å²) in [5.74, 6) is 0.881. The van der Waals surface area contributed by atoms with E-state index in [9.17, 15) is 15.0 Å². The molecule has 0 amide bonds. The number of likely N-dealkylation sites (N-methyl/N-ethyl adjacent to an activating group) is 1. The van der Waals surface area contributed by atoms with Gasteiger partial charge in [0.15, 0.2) is 0 Å². The molecule has 0 aromatic heterocycles. The number of hydrogen-bond acceptors (Lipinski definition) is 6. The Morgan fingerprint density at radius 1 is 1.41 bits per heavy atom. The molecule has 0 saturated carbocycles. The molecule has 0 unspecified atom stereocenters. The second-order valence-corrected chi connectivity index (χ2v) is 7.73. The lowest BCUT2D eigenvalue weighted by atomic mass is 10.1. The molecule has 2 N–H and O–H groups in total. The fourth-order valence-electron chi connectivity index (χ4n) is 2.73. The summed E-state index contributed by atoms with van der Waals surface area (Å²) >= 11 is 3.28. The number of nitrogens with zero attached hydrogens (tertiary/aromatic N) is 2. The molecule has 1 saturated heterocycles. The van der Waals surface area contributed by atoms with E-state index in [2.05, 4.69) is 0 Å². The van der Waals surface area contributed by atoms with Gasteiger partial charge < -0.3 is 10.2 Å². The molecule has 0 bridgehead atoms. The van der Waals surface area contributed by atoms with E-state index in [1.807, 2.05) is 31.0 Å². The topological polar surface area (TPSA) is 73.1 Å². The van der Waals surface area contributed by atoms with Crippen molar-refractivity contribution in [3.63, 3.8) is 0 Å². The molecule has 1 aromatic rings. The van der Waals surface area contributed by atoms with Crippen molar-refractivity contribution in [2.24, 2.45) is 4.99 Å². The summed E-state index contributed by atoms with van der Waals surface area (Å²) in [4.78, 5) is 17.9. The molecule has 3 rings (SSSR count). The molecule has 2 aliphatic rings. The van der Waals surface area contributed by atoms with Gasteiger partial charge in [0.25, 0.3) is 0 Å². The smallest absolute Gasteiger partial charge is 0.321 e. The zero-order valence-corrected chi connectivity index (χ0v) is 14.0. The van der Waals surface area contributed by atoms with Crippen molar-refractivity contribution in [2.45, 2.75) is 24.4 Å². The fraction of sp³-hybridized carbons (Fsp3) is 0.467. The lowest BCUT2D eigenvalue weighted by Gasteiger charge is -2.24. The van der Waals surface area contributed by atoms with Crippen LogP contribution in [0.1, 0.15) is 11.1 Å². The molecule has 1 fully saturated rings. The molecule has 2 heterocycles. The van der Waals surface area contributed by atoms with E-state index in [1.54, 1.807) is 29.6 Å². The number of carboxylic acids is 1. The maximum Gasteiger partial charge on any atom is 0.321 e. The Hall–Kier alpha value is -1.18. The van der Waals surface area contributed by atoms with Crippen LogP contribution in [-0.4, -0.2) is 62.1 Å². The Bertz CT molecular complexity index is 635. The Morgan fingerprint density at radius 2 is 2.18 bits per heavy atom. The molecule has 1 aromatic carbocycles. The van der Waals surface area contributed by atoms with Gasteiger partial charge in [-0.3, -0.25) is 14.7 Å². The van der Waals surface area contributed by atoms with Gasteiger partial charge >= 0.3 is 5.97 Å². The minimum Gasteiger partial charge on any atom is -0.507 e. The van der Waals surface area contributed by atoms with Crippen LogP contribution in [0.15, 0.2) is 23.2 Å². The Morgan fingerprint density at radius 3 is 2.86 bits per heavy atom. The number of rotatable bonds is 3. The van der Waals surface area contributed by atoms with Crippen molar-refractivity contribution in [3.05, 3.63) is 29.3 Å². The van der Waals surface area contributed by atoms with Gasteiger partial charge in [-0.2, -0.15) is 0 Å². The molecule has 0 spiro atoms. The summed E-state index contributed by atoms with van der Waals surface area (Å²) < 4.78 is 0. The molecule has 0 radical (unpaired) electrons. The van der Waals surface area contributed by atoms with Crippen LogP contribution in [0.2, 0.25) is 0 Å². The van der Waals surface area contributed by atoms with E-state index in [0.29, 0.717) is 5.75 Å². The largest absolute Gasteiger partial charge is 0.507 e. The highest BCUT2D eigenvalue weighted by Gasteiger charge is 2.41. The summed E-state index contributed by atoms with van der Waals surface area (Å²) in [5.41, 5.74) is 1.85. The van der Waals surface area contributed by atoms with Crippen molar-refractivity contribution in [2.75, 3.05) is 18.6 Å². The number of aliphatic imine (C=N–C) groups is 1. The predicted molar refractivity (Wildman–Crippen MR) is 91.1 cm³/mol. The van der Waals surface area contributed by atoms with Gasteiger partial charge in [-0.15, -0.1) is 23.5 Å². The van der Waals surface area contributed by atoms with Gasteiger partial charge in [0, 0.05) is 17.1 Å². The average Bonchev–Trinajstić information content (AvgIpc) is 3.07. The summed E-state index contributed by atoms with van der Waals surface area (Å²) in [5, 5.41) is 20.2. The predicted octanol–water partition coefficient (Wildman–Crippen LogP) is 2.02. The maximum atomic E-state index is 11.2. The number of aromatic hydroxyl groups is 1. The average molecular weight is 338 g/mol. The highest BCUT2D eigenvalue weighted by atomic mass is 32.2. The van der Waals surface area contributed by atoms with Crippen molar-refractivity contribution in [3.8, 4) is 5.75 Å². The number of carbonyl (C=O) groups is 1. The molecule has 22 heavy (non-hydrogen) atoms. The van der Waals surface area contributed by atoms with Gasteiger partial charge in [0.2, 0.25) is 0 Å². The van der Waals surface area contributed by atoms with E-state index in [1.165, 1.54) is 0 Å². The van der Waals surface area contributed by atoms with E-state index < -0.39 is 12.0 Å². The molecular formula is C15H18N2O3S2. The zero-order chi connectivity index (χ0) is 15.9. The number of phenolic OH excluding ortho intramolecular Hbond substituents is 1. The lowest BCUT2D eigenvalue weighted by Crippen LogP contribution is -2.42. The number of carboxylic acid groups (broad SMARTS) is 1. The summed E-state index contributed by atoms with van der Waals surface area (Å²) in [6, 6.07) is 5.12. The zero-order valence-electron chi connectivity index (χ0n) is 12.4. The molecule has 7 heteroatoms. The quantitative estimate of drug-likeness (QED) is 0.878. The number of phenols is 1. The van der Waals surface area contributed by atoms with Crippen LogP contribution in [0.4, 0.5) is 0 Å². The normalized spacial score (nSPS) is 28.8. The first kappa shape index (κ1) is 15.7. The number of hydrogen-bond donors (Lipinski definition) is 2. The number of aliphatic carboxylic acids is 1. The van der Waals surface area contributed by atoms with E-state index in [4.69, 9.17) is 4.99 Å². The Balaban J connectivity index is 1.80. The third-order valence-electron chi connectivity index (χ3n) is 3.99. The molecule has 3 atom stereocenters. The van der Waals surface area contributed by atoms with Crippen LogP contribution in [0.3, 0.4) is 0 Å². The van der Waals surface area contributed by atoms with Gasteiger partial charge in [0.05, 0.1) is 11.4 Å².